The summed E-state index contributed by atoms with van der Waals surface area (Å²) in [6.07, 6.45) is 1.16. The molecule has 4 nitrogen and oxygen atoms in total. The molecule has 0 aliphatic carbocycles. The van der Waals surface area contributed by atoms with E-state index in [0.717, 1.165) is 43.6 Å². The lowest BCUT2D eigenvalue weighted by Gasteiger charge is -2.34. The molecule has 0 aromatic heterocycles. The molecule has 1 fully saturated rings. The maximum atomic E-state index is 12.5. The highest BCUT2D eigenvalue weighted by Crippen LogP contribution is 2.21. The van der Waals surface area contributed by atoms with Crippen LogP contribution >= 0.6 is 15.9 Å². The largest absolute Gasteiger partial charge is 0.399 e. The summed E-state index contributed by atoms with van der Waals surface area (Å²) in [5.41, 5.74) is 7.03. The molecule has 5 heteroatoms. The molecule has 1 aliphatic heterocycles. The Morgan fingerprint density at radius 1 is 1.32 bits per heavy atom. The maximum absolute atomic E-state index is 12.5. The average Bonchev–Trinajstić information content (AvgIpc) is 2.42. The Morgan fingerprint density at radius 2 is 2.00 bits per heavy atom. The number of nitrogen functional groups attached to an aromatic ring is 1. The molecule has 0 unspecified atom stereocenters. The van der Waals surface area contributed by atoms with Gasteiger partial charge in [-0.25, -0.2) is 0 Å². The summed E-state index contributed by atoms with van der Waals surface area (Å²) >= 11 is 3.42. The molecule has 2 rings (SSSR count). The minimum atomic E-state index is 0.0651. The Kier molecular flexibility index (Phi) is 4.82. The van der Waals surface area contributed by atoms with Gasteiger partial charge in [0.05, 0.1) is 5.56 Å². The maximum Gasteiger partial charge on any atom is 0.255 e. The second kappa shape index (κ2) is 6.39. The van der Waals surface area contributed by atoms with Crippen molar-refractivity contribution < 1.29 is 4.79 Å². The zero-order valence-electron chi connectivity index (χ0n) is 11.2. The molecule has 0 spiro atoms. The van der Waals surface area contributed by atoms with Crippen LogP contribution in [-0.4, -0.2) is 48.4 Å². The molecule has 1 aliphatic rings. The van der Waals surface area contributed by atoms with Gasteiger partial charge >= 0.3 is 0 Å². The predicted octanol–water partition coefficient (Wildman–Crippen LogP) is 2.20. The van der Waals surface area contributed by atoms with E-state index in [2.05, 4.69) is 27.8 Å². The smallest absolute Gasteiger partial charge is 0.255 e. The highest BCUT2D eigenvalue weighted by Gasteiger charge is 2.23. The van der Waals surface area contributed by atoms with Crippen molar-refractivity contribution in [3.05, 3.63) is 28.2 Å². The lowest BCUT2D eigenvalue weighted by molar-refractivity contribution is 0.0636. The normalized spacial score (nSPS) is 16.6. The summed E-state index contributed by atoms with van der Waals surface area (Å²) in [6, 6.07) is 5.36. The van der Waals surface area contributed by atoms with Gasteiger partial charge < -0.3 is 10.6 Å². The van der Waals surface area contributed by atoms with Gasteiger partial charge in [-0.2, -0.15) is 0 Å². The van der Waals surface area contributed by atoms with E-state index >= 15 is 0 Å². The number of benzene rings is 1. The molecule has 19 heavy (non-hydrogen) atoms. The van der Waals surface area contributed by atoms with Crippen LogP contribution in [0.1, 0.15) is 23.7 Å². The molecule has 1 aromatic rings. The third-order valence-corrected chi connectivity index (χ3v) is 4.11. The molecular formula is C14H20BrN3O. The predicted molar refractivity (Wildman–Crippen MR) is 81.2 cm³/mol. The number of piperazine rings is 1. The highest BCUT2D eigenvalue weighted by molar-refractivity contribution is 9.10. The third kappa shape index (κ3) is 3.48. The van der Waals surface area contributed by atoms with Crippen molar-refractivity contribution in [1.29, 1.82) is 0 Å². The van der Waals surface area contributed by atoms with Gasteiger partial charge in [0.25, 0.3) is 5.91 Å². The Bertz CT molecular complexity index is 456. The van der Waals surface area contributed by atoms with Crippen molar-refractivity contribution in [2.75, 3.05) is 38.5 Å². The molecule has 0 saturated carbocycles. The first-order valence-corrected chi connectivity index (χ1v) is 7.47. The minimum absolute atomic E-state index is 0.0651. The monoisotopic (exact) mass is 325 g/mol. The van der Waals surface area contributed by atoms with Crippen LogP contribution in [0.15, 0.2) is 22.7 Å². The molecule has 2 N–H and O–H groups in total. The molecule has 0 atom stereocenters. The third-order valence-electron chi connectivity index (χ3n) is 3.42. The first-order chi connectivity index (χ1) is 9.11. The minimum Gasteiger partial charge on any atom is -0.399 e. The van der Waals surface area contributed by atoms with Gasteiger partial charge in [-0.15, -0.1) is 0 Å². The van der Waals surface area contributed by atoms with Crippen LogP contribution in [-0.2, 0) is 0 Å². The van der Waals surface area contributed by atoms with E-state index < -0.39 is 0 Å². The van der Waals surface area contributed by atoms with Crippen molar-refractivity contribution in [3.63, 3.8) is 0 Å². The van der Waals surface area contributed by atoms with Crippen LogP contribution in [0.2, 0.25) is 0 Å². The number of amides is 1. The SMILES string of the molecule is CCCN1CCN(C(=O)c2cc(N)ccc2Br)CC1. The molecule has 104 valence electrons. The lowest BCUT2D eigenvalue weighted by Crippen LogP contribution is -2.48. The van der Waals surface area contributed by atoms with Crippen LogP contribution in [0, 0.1) is 0 Å². The van der Waals surface area contributed by atoms with E-state index in [1.165, 1.54) is 0 Å². The van der Waals surface area contributed by atoms with Crippen LogP contribution in [0.3, 0.4) is 0 Å². The van der Waals surface area contributed by atoms with Crippen LogP contribution in [0.25, 0.3) is 0 Å². The number of anilines is 1. The Hall–Kier alpha value is -1.07. The Morgan fingerprint density at radius 3 is 2.63 bits per heavy atom. The van der Waals surface area contributed by atoms with Crippen molar-refractivity contribution in [3.8, 4) is 0 Å². The number of nitrogens with zero attached hydrogens (tertiary/aromatic N) is 2. The summed E-state index contributed by atoms with van der Waals surface area (Å²) in [6.45, 7) is 6.80. The standard InChI is InChI=1S/C14H20BrN3O/c1-2-5-17-6-8-18(9-7-17)14(19)12-10-11(16)3-4-13(12)15/h3-4,10H,2,5-9,16H2,1H3. The van der Waals surface area contributed by atoms with E-state index in [9.17, 15) is 4.79 Å². The first kappa shape index (κ1) is 14.3. The summed E-state index contributed by atoms with van der Waals surface area (Å²) in [5.74, 6) is 0.0651. The molecule has 1 amide bonds. The van der Waals surface area contributed by atoms with Crippen molar-refractivity contribution in [2.45, 2.75) is 13.3 Å². The number of nitrogens with two attached hydrogens (primary N) is 1. The number of hydrogen-bond donors (Lipinski definition) is 1. The highest BCUT2D eigenvalue weighted by atomic mass is 79.9. The molecule has 0 bridgehead atoms. The molecule has 1 heterocycles. The van der Waals surface area contributed by atoms with Gasteiger partial charge in [-0.1, -0.05) is 6.92 Å². The topological polar surface area (TPSA) is 49.6 Å². The molecule has 1 saturated heterocycles. The first-order valence-electron chi connectivity index (χ1n) is 6.68. The van der Waals surface area contributed by atoms with Crippen LogP contribution in [0.5, 0.6) is 0 Å². The van der Waals surface area contributed by atoms with Crippen molar-refractivity contribution in [2.24, 2.45) is 0 Å². The van der Waals surface area contributed by atoms with E-state index in [1.54, 1.807) is 12.1 Å². The summed E-state index contributed by atoms with van der Waals surface area (Å²) < 4.78 is 0.808. The molecular weight excluding hydrogens is 306 g/mol. The van der Waals surface area contributed by atoms with Gasteiger partial charge in [-0.05, 0) is 47.1 Å². The second-order valence-electron chi connectivity index (χ2n) is 4.87. The number of rotatable bonds is 3. The second-order valence-corrected chi connectivity index (χ2v) is 5.73. The fourth-order valence-electron chi connectivity index (χ4n) is 2.37. The van der Waals surface area contributed by atoms with Crippen molar-refractivity contribution in [1.82, 2.24) is 9.80 Å². The van der Waals surface area contributed by atoms with Gasteiger partial charge in [-0.3, -0.25) is 9.69 Å². The fourth-order valence-corrected chi connectivity index (χ4v) is 2.78. The van der Waals surface area contributed by atoms with E-state index in [-0.39, 0.29) is 5.91 Å². The number of carbonyl (C=O) groups is 1. The van der Waals surface area contributed by atoms with E-state index in [1.807, 2.05) is 11.0 Å². The van der Waals surface area contributed by atoms with E-state index in [4.69, 9.17) is 5.73 Å². The molecule has 1 aromatic carbocycles. The summed E-state index contributed by atoms with van der Waals surface area (Å²) in [4.78, 5) is 16.8. The number of hydrogen-bond acceptors (Lipinski definition) is 3. The Balaban J connectivity index is 2.03. The Labute approximate surface area is 122 Å². The van der Waals surface area contributed by atoms with Crippen molar-refractivity contribution >= 4 is 27.5 Å². The fraction of sp³-hybridized carbons (Fsp3) is 0.500. The van der Waals surface area contributed by atoms with Gasteiger partial charge in [0.2, 0.25) is 0 Å². The lowest BCUT2D eigenvalue weighted by atomic mass is 10.1. The van der Waals surface area contributed by atoms with Gasteiger partial charge in [0.1, 0.15) is 0 Å². The van der Waals surface area contributed by atoms with E-state index in [0.29, 0.717) is 11.3 Å². The van der Waals surface area contributed by atoms with Crippen LogP contribution in [0.4, 0.5) is 5.69 Å². The zero-order valence-corrected chi connectivity index (χ0v) is 12.8. The average molecular weight is 326 g/mol. The van der Waals surface area contributed by atoms with Gasteiger partial charge in [0, 0.05) is 36.3 Å². The number of halogens is 1. The summed E-state index contributed by atoms with van der Waals surface area (Å²) in [7, 11) is 0. The van der Waals surface area contributed by atoms with Gasteiger partial charge in [0.15, 0.2) is 0 Å². The number of carbonyl (C=O) groups excluding carboxylic acids is 1. The molecule has 0 radical (unpaired) electrons. The zero-order chi connectivity index (χ0) is 13.8. The quantitative estimate of drug-likeness (QED) is 0.867. The summed E-state index contributed by atoms with van der Waals surface area (Å²) in [5, 5.41) is 0. The van der Waals surface area contributed by atoms with Crippen LogP contribution < -0.4 is 5.73 Å².